The summed E-state index contributed by atoms with van der Waals surface area (Å²) < 4.78 is 11.1. The van der Waals surface area contributed by atoms with Gasteiger partial charge >= 0.3 is 11.9 Å². The van der Waals surface area contributed by atoms with Gasteiger partial charge in [-0.25, -0.2) is 4.79 Å². The number of carbonyl (C=O) groups excluding carboxylic acids is 2. The second kappa shape index (κ2) is 9.03. The molecule has 124 valence electrons. The third kappa shape index (κ3) is 5.66. The summed E-state index contributed by atoms with van der Waals surface area (Å²) in [6, 6.07) is 16.7. The van der Waals surface area contributed by atoms with Crippen LogP contribution in [0.4, 0.5) is 0 Å². The Morgan fingerprint density at radius 3 is 2.29 bits per heavy atom. The van der Waals surface area contributed by atoms with Crippen LogP contribution < -0.4 is 0 Å². The first kappa shape index (κ1) is 17.9. The second-order valence-electron chi connectivity index (χ2n) is 5.09. The molecule has 0 aliphatic carbocycles. The second-order valence-corrected chi connectivity index (χ2v) is 5.95. The maximum absolute atomic E-state index is 11.8. The minimum atomic E-state index is -0.600. The number of halogens is 1. The van der Waals surface area contributed by atoms with Gasteiger partial charge in [-0.3, -0.25) is 4.79 Å². The molecule has 2 rings (SSSR count). The molecular weight excluding hydrogens is 372 g/mol. The third-order valence-electron chi connectivity index (χ3n) is 3.21. The monoisotopic (exact) mass is 388 g/mol. The van der Waals surface area contributed by atoms with Crippen molar-refractivity contribution in [3.63, 3.8) is 0 Å². The summed E-state index contributed by atoms with van der Waals surface area (Å²) >= 11 is 3.38. The van der Waals surface area contributed by atoms with E-state index in [1.165, 1.54) is 0 Å². The van der Waals surface area contributed by atoms with Gasteiger partial charge in [0.1, 0.15) is 13.2 Å². The van der Waals surface area contributed by atoms with Crippen LogP contribution in [0.5, 0.6) is 0 Å². The molecule has 0 saturated carbocycles. The van der Waals surface area contributed by atoms with Gasteiger partial charge in [-0.2, -0.15) is 0 Å². The molecule has 2 aromatic rings. The fourth-order valence-electron chi connectivity index (χ4n) is 1.90. The summed E-state index contributed by atoms with van der Waals surface area (Å²) in [6.07, 6.45) is -0.196. The number of hydrogen-bond acceptors (Lipinski definition) is 4. The van der Waals surface area contributed by atoms with Gasteiger partial charge in [0.15, 0.2) is 0 Å². The van der Waals surface area contributed by atoms with E-state index in [0.29, 0.717) is 0 Å². The Morgan fingerprint density at radius 1 is 0.917 bits per heavy atom. The van der Waals surface area contributed by atoms with E-state index in [9.17, 15) is 9.59 Å². The van der Waals surface area contributed by atoms with Gasteiger partial charge in [-0.1, -0.05) is 71.0 Å². The van der Waals surface area contributed by atoms with Gasteiger partial charge in [0.05, 0.1) is 6.42 Å². The number of carbonyl (C=O) groups is 2. The van der Waals surface area contributed by atoms with E-state index in [2.05, 4.69) is 22.5 Å². The van der Waals surface area contributed by atoms with Gasteiger partial charge in [0.2, 0.25) is 0 Å². The van der Waals surface area contributed by atoms with Gasteiger partial charge < -0.3 is 9.47 Å². The Balaban J connectivity index is 1.75. The number of rotatable bonds is 7. The van der Waals surface area contributed by atoms with Crippen LogP contribution in [0.1, 0.15) is 17.5 Å². The molecule has 0 atom stereocenters. The van der Waals surface area contributed by atoms with Crippen molar-refractivity contribution in [2.45, 2.75) is 19.6 Å². The molecule has 0 fully saturated rings. The van der Waals surface area contributed by atoms with Gasteiger partial charge in [-0.15, -0.1) is 0 Å². The summed E-state index contributed by atoms with van der Waals surface area (Å²) in [7, 11) is 0. The molecule has 0 heterocycles. The molecule has 0 bridgehead atoms. The van der Waals surface area contributed by atoms with E-state index in [0.717, 1.165) is 15.6 Å². The van der Waals surface area contributed by atoms with Crippen molar-refractivity contribution in [3.8, 4) is 0 Å². The predicted molar refractivity (Wildman–Crippen MR) is 93.9 cm³/mol. The highest BCUT2D eigenvalue weighted by Crippen LogP contribution is 2.17. The zero-order valence-corrected chi connectivity index (χ0v) is 14.6. The van der Waals surface area contributed by atoms with Crippen molar-refractivity contribution in [1.29, 1.82) is 0 Å². The molecule has 0 aliphatic heterocycles. The first-order chi connectivity index (χ1) is 11.6. The number of ether oxygens (including phenoxy) is 2. The van der Waals surface area contributed by atoms with Crippen LogP contribution in [0.2, 0.25) is 0 Å². The van der Waals surface area contributed by atoms with E-state index in [4.69, 9.17) is 9.47 Å². The van der Waals surface area contributed by atoms with E-state index in [-0.39, 0.29) is 25.2 Å². The van der Waals surface area contributed by atoms with Gasteiger partial charge in [-0.05, 0) is 11.6 Å². The number of benzene rings is 2. The van der Waals surface area contributed by atoms with Crippen molar-refractivity contribution in [3.05, 3.63) is 82.3 Å². The molecule has 0 N–H and O–H groups in total. The molecule has 4 nitrogen and oxygen atoms in total. The molecule has 5 heteroatoms. The quantitative estimate of drug-likeness (QED) is 0.527. The highest BCUT2D eigenvalue weighted by Gasteiger charge is 2.15. The van der Waals surface area contributed by atoms with Gasteiger partial charge in [0, 0.05) is 15.6 Å². The molecule has 0 aliphatic rings. The molecule has 0 unspecified atom stereocenters. The Labute approximate surface area is 149 Å². The van der Waals surface area contributed by atoms with Crippen molar-refractivity contribution in [2.75, 3.05) is 0 Å². The Kier molecular flexibility index (Phi) is 6.75. The molecule has 0 spiro atoms. The summed E-state index contributed by atoms with van der Waals surface area (Å²) in [4.78, 5) is 23.7. The Hall–Kier alpha value is -2.40. The van der Waals surface area contributed by atoms with Crippen molar-refractivity contribution < 1.29 is 19.1 Å². The summed E-state index contributed by atoms with van der Waals surface area (Å²) in [5.41, 5.74) is 1.79. The molecule has 0 radical (unpaired) electrons. The minimum Gasteiger partial charge on any atom is -0.461 e. The van der Waals surface area contributed by atoms with Crippen LogP contribution in [0.15, 0.2) is 71.2 Å². The molecule has 0 amide bonds. The zero-order valence-electron chi connectivity index (χ0n) is 13.0. The molecule has 2 aromatic carbocycles. The SMILES string of the molecule is C=C(CC(=O)OCc1ccccc1Br)C(=O)OCc1ccccc1. The lowest BCUT2D eigenvalue weighted by Crippen LogP contribution is -2.13. The summed E-state index contributed by atoms with van der Waals surface area (Å²) in [5, 5.41) is 0. The van der Waals surface area contributed by atoms with Crippen molar-refractivity contribution in [1.82, 2.24) is 0 Å². The molecule has 0 aromatic heterocycles. The van der Waals surface area contributed by atoms with E-state index < -0.39 is 11.9 Å². The topological polar surface area (TPSA) is 52.6 Å². The first-order valence-electron chi connectivity index (χ1n) is 7.34. The van der Waals surface area contributed by atoms with E-state index in [1.807, 2.05) is 54.6 Å². The highest BCUT2D eigenvalue weighted by atomic mass is 79.9. The normalized spacial score (nSPS) is 10.0. The zero-order chi connectivity index (χ0) is 17.4. The molecule has 0 saturated heterocycles. The van der Waals surface area contributed by atoms with E-state index in [1.54, 1.807) is 0 Å². The first-order valence-corrected chi connectivity index (χ1v) is 8.13. The number of esters is 2. The largest absolute Gasteiger partial charge is 0.461 e. The summed E-state index contributed by atoms with van der Waals surface area (Å²) in [5.74, 6) is -1.12. The van der Waals surface area contributed by atoms with Crippen LogP contribution in [0.25, 0.3) is 0 Å². The van der Waals surface area contributed by atoms with Crippen LogP contribution in [-0.4, -0.2) is 11.9 Å². The smallest absolute Gasteiger partial charge is 0.334 e. The fourth-order valence-corrected chi connectivity index (χ4v) is 2.30. The highest BCUT2D eigenvalue weighted by molar-refractivity contribution is 9.10. The maximum atomic E-state index is 11.8. The Bertz CT molecular complexity index is 725. The average Bonchev–Trinajstić information content (AvgIpc) is 2.59. The predicted octanol–water partition coefficient (Wildman–Crippen LogP) is 4.18. The standard InChI is InChI=1S/C19H17BrO4/c1-14(19(22)24-12-15-7-3-2-4-8-15)11-18(21)23-13-16-9-5-6-10-17(16)20/h2-10H,1,11-13H2. The van der Waals surface area contributed by atoms with Crippen molar-refractivity contribution in [2.24, 2.45) is 0 Å². The van der Waals surface area contributed by atoms with Crippen LogP contribution in [0.3, 0.4) is 0 Å². The lowest BCUT2D eigenvalue weighted by Gasteiger charge is -2.09. The lowest BCUT2D eigenvalue weighted by molar-refractivity contribution is -0.147. The average molecular weight is 389 g/mol. The minimum absolute atomic E-state index is 0.0723. The third-order valence-corrected chi connectivity index (χ3v) is 3.98. The fraction of sp³-hybridized carbons (Fsp3) is 0.158. The Morgan fingerprint density at radius 2 is 1.58 bits per heavy atom. The van der Waals surface area contributed by atoms with Crippen molar-refractivity contribution >= 4 is 27.9 Å². The van der Waals surface area contributed by atoms with Gasteiger partial charge in [0.25, 0.3) is 0 Å². The van der Waals surface area contributed by atoms with E-state index >= 15 is 0 Å². The molecule has 24 heavy (non-hydrogen) atoms. The summed E-state index contributed by atoms with van der Waals surface area (Å²) in [6.45, 7) is 3.87. The lowest BCUT2D eigenvalue weighted by atomic mass is 10.2. The molecular formula is C19H17BrO4. The maximum Gasteiger partial charge on any atom is 0.334 e. The van der Waals surface area contributed by atoms with Crippen LogP contribution in [0, 0.1) is 0 Å². The number of hydrogen-bond donors (Lipinski definition) is 0. The van der Waals surface area contributed by atoms with Crippen LogP contribution in [-0.2, 0) is 32.3 Å². The van der Waals surface area contributed by atoms with Crippen LogP contribution >= 0.6 is 15.9 Å².